The van der Waals surface area contributed by atoms with Gasteiger partial charge in [0.2, 0.25) is 0 Å². The zero-order valence-corrected chi connectivity index (χ0v) is 23.7. The van der Waals surface area contributed by atoms with Crippen molar-refractivity contribution in [1.82, 2.24) is 5.43 Å². The number of ether oxygens (including phenoxy) is 1. The second-order valence-electron chi connectivity index (χ2n) is 9.30. The minimum atomic E-state index is -3.73. The SMILES string of the molecule is Cc1ccc(NC(=O)COc2ccc(/C=N\NC(=O)c3ccc(N(C)S(=O)(=O)c4ccc(C)cc4)cc3)cc2)cc1. The maximum atomic E-state index is 12.9. The van der Waals surface area contributed by atoms with Gasteiger partial charge in [-0.2, -0.15) is 5.10 Å². The summed E-state index contributed by atoms with van der Waals surface area (Å²) in [6.45, 7) is 3.72. The standard InChI is InChI=1S/C31H30N4O5S/c1-22-4-12-26(13-5-22)33-30(36)21-40-28-16-8-24(9-17-28)20-32-34-31(37)25-10-14-27(15-11-25)35(3)41(38,39)29-18-6-23(2)7-19-29/h4-20H,21H2,1-3H3,(H,33,36)(H,34,37)/b32-20-. The summed E-state index contributed by atoms with van der Waals surface area (Å²) in [5.41, 5.74) is 6.67. The molecule has 0 aliphatic heterocycles. The van der Waals surface area contributed by atoms with Crippen molar-refractivity contribution in [2.45, 2.75) is 18.7 Å². The Bertz CT molecular complexity index is 1630. The Labute approximate surface area is 239 Å². The van der Waals surface area contributed by atoms with E-state index in [1.54, 1.807) is 60.7 Å². The summed E-state index contributed by atoms with van der Waals surface area (Å²) in [6.07, 6.45) is 1.47. The number of carbonyl (C=O) groups excluding carboxylic acids is 2. The fourth-order valence-corrected chi connectivity index (χ4v) is 4.89. The highest BCUT2D eigenvalue weighted by molar-refractivity contribution is 7.92. The lowest BCUT2D eigenvalue weighted by atomic mass is 10.2. The third-order valence-electron chi connectivity index (χ3n) is 6.14. The van der Waals surface area contributed by atoms with Gasteiger partial charge >= 0.3 is 0 Å². The molecule has 0 unspecified atom stereocenters. The van der Waals surface area contributed by atoms with Crippen LogP contribution < -0.4 is 19.8 Å². The summed E-state index contributed by atoms with van der Waals surface area (Å²) in [7, 11) is -2.27. The third-order valence-corrected chi connectivity index (χ3v) is 7.94. The maximum Gasteiger partial charge on any atom is 0.271 e. The van der Waals surface area contributed by atoms with Crippen LogP contribution >= 0.6 is 0 Å². The molecule has 0 aromatic heterocycles. The quantitative estimate of drug-likeness (QED) is 0.208. The van der Waals surface area contributed by atoms with E-state index in [0.29, 0.717) is 28.3 Å². The van der Waals surface area contributed by atoms with Gasteiger partial charge in [-0.15, -0.1) is 0 Å². The predicted molar refractivity (Wildman–Crippen MR) is 160 cm³/mol. The van der Waals surface area contributed by atoms with Crippen LogP contribution in [-0.2, 0) is 14.8 Å². The summed E-state index contributed by atoms with van der Waals surface area (Å²) in [4.78, 5) is 24.8. The Kier molecular flexibility index (Phi) is 9.15. The highest BCUT2D eigenvalue weighted by atomic mass is 32.2. The van der Waals surface area contributed by atoms with Crippen molar-refractivity contribution in [2.24, 2.45) is 5.10 Å². The molecule has 41 heavy (non-hydrogen) atoms. The topological polar surface area (TPSA) is 117 Å². The van der Waals surface area contributed by atoms with Gasteiger partial charge in [-0.1, -0.05) is 35.4 Å². The molecular formula is C31H30N4O5S. The molecule has 0 radical (unpaired) electrons. The molecule has 0 aliphatic rings. The zero-order chi connectivity index (χ0) is 29.4. The molecule has 10 heteroatoms. The van der Waals surface area contributed by atoms with Crippen LogP contribution in [0.5, 0.6) is 5.75 Å². The van der Waals surface area contributed by atoms with Crippen molar-refractivity contribution in [3.8, 4) is 5.75 Å². The number of nitrogens with one attached hydrogen (secondary N) is 2. The monoisotopic (exact) mass is 570 g/mol. The average molecular weight is 571 g/mol. The molecule has 0 saturated heterocycles. The van der Waals surface area contributed by atoms with Crippen LogP contribution in [0, 0.1) is 13.8 Å². The van der Waals surface area contributed by atoms with Crippen molar-refractivity contribution >= 4 is 39.4 Å². The maximum absolute atomic E-state index is 12.9. The van der Waals surface area contributed by atoms with Crippen LogP contribution in [0.25, 0.3) is 0 Å². The van der Waals surface area contributed by atoms with Gasteiger partial charge in [-0.25, -0.2) is 13.8 Å². The number of rotatable bonds is 10. The fourth-order valence-electron chi connectivity index (χ4n) is 3.69. The first-order chi connectivity index (χ1) is 19.6. The lowest BCUT2D eigenvalue weighted by molar-refractivity contribution is -0.118. The molecule has 0 saturated carbocycles. The summed E-state index contributed by atoms with van der Waals surface area (Å²) in [5, 5.41) is 6.75. The first kappa shape index (κ1) is 29.0. The Morgan fingerprint density at radius 3 is 2.02 bits per heavy atom. The molecule has 0 heterocycles. The lowest BCUT2D eigenvalue weighted by Crippen LogP contribution is -2.26. The van der Waals surface area contributed by atoms with E-state index in [1.807, 2.05) is 38.1 Å². The van der Waals surface area contributed by atoms with E-state index in [1.165, 1.54) is 29.7 Å². The molecule has 0 spiro atoms. The first-order valence-corrected chi connectivity index (χ1v) is 14.1. The molecule has 4 aromatic rings. The summed E-state index contributed by atoms with van der Waals surface area (Å²) in [6, 6.07) is 27.1. The molecule has 9 nitrogen and oxygen atoms in total. The molecule has 2 N–H and O–H groups in total. The molecule has 0 atom stereocenters. The number of hydrogen-bond donors (Lipinski definition) is 2. The Balaban J connectivity index is 1.26. The second-order valence-corrected chi connectivity index (χ2v) is 11.3. The lowest BCUT2D eigenvalue weighted by Gasteiger charge is -2.19. The van der Waals surface area contributed by atoms with Crippen molar-refractivity contribution in [3.63, 3.8) is 0 Å². The van der Waals surface area contributed by atoms with Crippen LogP contribution in [0.2, 0.25) is 0 Å². The Morgan fingerprint density at radius 2 is 1.41 bits per heavy atom. The van der Waals surface area contributed by atoms with Gasteiger partial charge < -0.3 is 10.1 Å². The fraction of sp³-hybridized carbons (Fsp3) is 0.129. The molecule has 4 aromatic carbocycles. The number of sulfonamides is 1. The summed E-state index contributed by atoms with van der Waals surface area (Å²) < 4.78 is 32.5. The van der Waals surface area contributed by atoms with Gasteiger partial charge in [0.1, 0.15) is 5.75 Å². The molecule has 0 fully saturated rings. The molecule has 2 amide bonds. The molecule has 4 rings (SSSR count). The van der Waals surface area contributed by atoms with Crippen LogP contribution in [0.4, 0.5) is 11.4 Å². The summed E-state index contributed by atoms with van der Waals surface area (Å²) >= 11 is 0. The molecule has 210 valence electrons. The first-order valence-electron chi connectivity index (χ1n) is 12.7. The minimum absolute atomic E-state index is 0.135. The van der Waals surface area contributed by atoms with E-state index < -0.39 is 15.9 Å². The summed E-state index contributed by atoms with van der Waals surface area (Å²) in [5.74, 6) is -0.203. The third kappa shape index (κ3) is 7.80. The number of hydrazone groups is 1. The number of carbonyl (C=O) groups is 2. The van der Waals surface area contributed by atoms with Crippen LogP contribution in [-0.4, -0.2) is 40.1 Å². The van der Waals surface area contributed by atoms with E-state index in [2.05, 4.69) is 15.8 Å². The van der Waals surface area contributed by atoms with Crippen molar-refractivity contribution < 1.29 is 22.7 Å². The van der Waals surface area contributed by atoms with Gasteiger partial charge in [0.25, 0.3) is 21.8 Å². The van der Waals surface area contributed by atoms with Crippen molar-refractivity contribution in [3.05, 3.63) is 119 Å². The number of nitrogens with zero attached hydrogens (tertiary/aromatic N) is 2. The van der Waals surface area contributed by atoms with Gasteiger partial charge in [-0.3, -0.25) is 13.9 Å². The largest absolute Gasteiger partial charge is 0.484 e. The van der Waals surface area contributed by atoms with E-state index in [-0.39, 0.29) is 17.4 Å². The van der Waals surface area contributed by atoms with Crippen molar-refractivity contribution in [1.29, 1.82) is 0 Å². The van der Waals surface area contributed by atoms with Gasteiger partial charge in [0.05, 0.1) is 16.8 Å². The van der Waals surface area contributed by atoms with Gasteiger partial charge in [0.15, 0.2) is 6.61 Å². The number of benzene rings is 4. The van der Waals surface area contributed by atoms with Crippen molar-refractivity contribution in [2.75, 3.05) is 23.3 Å². The smallest absolute Gasteiger partial charge is 0.271 e. The zero-order valence-electron chi connectivity index (χ0n) is 22.9. The number of anilines is 2. The predicted octanol–water partition coefficient (Wildman–Crippen LogP) is 4.91. The Morgan fingerprint density at radius 1 is 0.829 bits per heavy atom. The normalized spacial score (nSPS) is 11.2. The van der Waals surface area contributed by atoms with Gasteiger partial charge in [-0.05, 0) is 92.2 Å². The second kappa shape index (κ2) is 12.9. The molecule has 0 bridgehead atoms. The van der Waals surface area contributed by atoms with E-state index in [4.69, 9.17) is 4.74 Å². The van der Waals surface area contributed by atoms with Crippen LogP contribution in [0.1, 0.15) is 27.0 Å². The number of hydrogen-bond acceptors (Lipinski definition) is 6. The number of aryl methyl sites for hydroxylation is 2. The molecule has 0 aliphatic carbocycles. The van der Waals surface area contributed by atoms with Crippen LogP contribution in [0.3, 0.4) is 0 Å². The van der Waals surface area contributed by atoms with E-state index in [0.717, 1.165) is 11.1 Å². The minimum Gasteiger partial charge on any atom is -0.484 e. The number of amides is 2. The Hall–Kier alpha value is -4.96. The molecular weight excluding hydrogens is 540 g/mol. The average Bonchev–Trinajstić information content (AvgIpc) is 2.98. The van der Waals surface area contributed by atoms with Gasteiger partial charge in [0, 0.05) is 18.3 Å². The van der Waals surface area contributed by atoms with E-state index in [9.17, 15) is 18.0 Å². The van der Waals surface area contributed by atoms with E-state index >= 15 is 0 Å². The highest BCUT2D eigenvalue weighted by Crippen LogP contribution is 2.23. The highest BCUT2D eigenvalue weighted by Gasteiger charge is 2.21. The van der Waals surface area contributed by atoms with Crippen LogP contribution in [0.15, 0.2) is 107 Å².